The summed E-state index contributed by atoms with van der Waals surface area (Å²) in [5, 5.41) is 13.9. The summed E-state index contributed by atoms with van der Waals surface area (Å²) in [6.45, 7) is 3.36. The van der Waals surface area contributed by atoms with Gasteiger partial charge in [-0.25, -0.2) is 0 Å². The van der Waals surface area contributed by atoms with Crippen LogP contribution >= 0.6 is 0 Å². The van der Waals surface area contributed by atoms with E-state index in [1.54, 1.807) is 48.4 Å². The number of nitro groups is 1. The molecule has 0 aliphatic carbocycles. The van der Waals surface area contributed by atoms with Crippen molar-refractivity contribution in [2.45, 2.75) is 19.8 Å². The number of hydrogen-bond acceptors (Lipinski definition) is 5. The normalized spacial score (nSPS) is 14.9. The van der Waals surface area contributed by atoms with Crippen LogP contribution in [0.15, 0.2) is 47.1 Å². The second kappa shape index (κ2) is 9.18. The van der Waals surface area contributed by atoms with Crippen LogP contribution in [0.3, 0.4) is 0 Å². The molecule has 1 saturated heterocycles. The molecule has 29 heavy (non-hydrogen) atoms. The molecule has 8 nitrogen and oxygen atoms in total. The van der Waals surface area contributed by atoms with Gasteiger partial charge >= 0.3 is 0 Å². The first kappa shape index (κ1) is 20.3. The van der Waals surface area contributed by atoms with Gasteiger partial charge in [-0.15, -0.1) is 0 Å². The highest BCUT2D eigenvalue weighted by molar-refractivity contribution is 5.95. The number of aryl methyl sites for hydroxylation is 1. The van der Waals surface area contributed by atoms with Gasteiger partial charge in [-0.1, -0.05) is 6.07 Å². The standard InChI is InChI=1S/C21H23N3O5/c1-15-4-5-17(13-19(15)24(27)28)21(26)22-14-16-8-10-23(11-9-16)20(25)7-6-18-3-2-12-29-18/h2-7,12-13,16H,8-11,14H2,1H3,(H,22,26)/b7-6+. The molecule has 0 atom stereocenters. The van der Waals surface area contributed by atoms with E-state index in [1.807, 2.05) is 0 Å². The molecule has 2 aromatic rings. The molecule has 2 amide bonds. The molecule has 1 N–H and O–H groups in total. The Labute approximate surface area is 168 Å². The molecular formula is C21H23N3O5. The molecular weight excluding hydrogens is 374 g/mol. The Morgan fingerprint density at radius 2 is 2.07 bits per heavy atom. The van der Waals surface area contributed by atoms with Crippen LogP contribution in [0.1, 0.15) is 34.5 Å². The lowest BCUT2D eigenvalue weighted by atomic mass is 9.96. The lowest BCUT2D eigenvalue weighted by Gasteiger charge is -2.31. The summed E-state index contributed by atoms with van der Waals surface area (Å²) in [5.74, 6) is 0.508. The lowest BCUT2D eigenvalue weighted by Crippen LogP contribution is -2.41. The molecule has 0 saturated carbocycles. The van der Waals surface area contributed by atoms with Crippen LogP contribution < -0.4 is 5.32 Å². The van der Waals surface area contributed by atoms with Crippen molar-refractivity contribution in [1.82, 2.24) is 10.2 Å². The molecule has 8 heteroatoms. The average Bonchev–Trinajstić information content (AvgIpc) is 3.24. The van der Waals surface area contributed by atoms with Gasteiger partial charge in [0.1, 0.15) is 5.76 Å². The van der Waals surface area contributed by atoms with E-state index in [-0.39, 0.29) is 29.0 Å². The number of rotatable bonds is 6. The van der Waals surface area contributed by atoms with Gasteiger partial charge in [0.15, 0.2) is 0 Å². The monoisotopic (exact) mass is 397 g/mol. The molecule has 0 bridgehead atoms. The first-order chi connectivity index (χ1) is 13.9. The van der Waals surface area contributed by atoms with Crippen LogP contribution in [0.2, 0.25) is 0 Å². The highest BCUT2D eigenvalue weighted by Crippen LogP contribution is 2.20. The second-order valence-corrected chi connectivity index (χ2v) is 7.09. The Hall–Kier alpha value is -3.42. The van der Waals surface area contributed by atoms with Crippen molar-refractivity contribution in [2.75, 3.05) is 19.6 Å². The van der Waals surface area contributed by atoms with Crippen molar-refractivity contribution >= 4 is 23.6 Å². The number of likely N-dealkylation sites (tertiary alicyclic amines) is 1. The fourth-order valence-electron chi connectivity index (χ4n) is 3.29. The smallest absolute Gasteiger partial charge is 0.273 e. The van der Waals surface area contributed by atoms with Crippen LogP contribution in [0.4, 0.5) is 5.69 Å². The number of nitro benzene ring substituents is 1. The quantitative estimate of drug-likeness (QED) is 0.458. The molecule has 1 aromatic heterocycles. The van der Waals surface area contributed by atoms with E-state index in [1.165, 1.54) is 12.1 Å². The number of nitrogens with zero attached hydrogens (tertiary/aromatic N) is 2. The van der Waals surface area contributed by atoms with E-state index in [2.05, 4.69) is 5.32 Å². The molecule has 0 unspecified atom stereocenters. The summed E-state index contributed by atoms with van der Waals surface area (Å²) in [7, 11) is 0. The number of piperidine rings is 1. The van der Waals surface area contributed by atoms with Gasteiger partial charge in [-0.3, -0.25) is 19.7 Å². The van der Waals surface area contributed by atoms with E-state index < -0.39 is 4.92 Å². The van der Waals surface area contributed by atoms with Gasteiger partial charge in [-0.05, 0) is 50.0 Å². The molecule has 0 radical (unpaired) electrons. The zero-order valence-corrected chi connectivity index (χ0v) is 16.2. The zero-order valence-electron chi connectivity index (χ0n) is 16.2. The van der Waals surface area contributed by atoms with Crippen LogP contribution in [-0.2, 0) is 4.79 Å². The highest BCUT2D eigenvalue weighted by atomic mass is 16.6. The average molecular weight is 397 g/mol. The Morgan fingerprint density at radius 3 is 2.72 bits per heavy atom. The van der Waals surface area contributed by atoms with Gasteiger partial charge in [0.05, 0.1) is 11.2 Å². The summed E-state index contributed by atoms with van der Waals surface area (Å²) in [6, 6.07) is 8.01. The van der Waals surface area contributed by atoms with Crippen molar-refractivity contribution in [3.63, 3.8) is 0 Å². The maximum Gasteiger partial charge on any atom is 0.273 e. The molecule has 1 fully saturated rings. The maximum absolute atomic E-state index is 12.3. The number of carbonyl (C=O) groups excluding carboxylic acids is 2. The van der Waals surface area contributed by atoms with Gasteiger partial charge in [0, 0.05) is 42.9 Å². The number of hydrogen-bond donors (Lipinski definition) is 1. The highest BCUT2D eigenvalue weighted by Gasteiger charge is 2.22. The third-order valence-corrected chi connectivity index (χ3v) is 5.08. The molecule has 3 rings (SSSR count). The SMILES string of the molecule is Cc1ccc(C(=O)NCC2CCN(C(=O)/C=C/c3ccco3)CC2)cc1[N+](=O)[O-]. The molecule has 1 aromatic carbocycles. The molecule has 152 valence electrons. The predicted octanol–water partition coefficient (Wildman–Crippen LogP) is 3.18. The fraction of sp³-hybridized carbons (Fsp3) is 0.333. The van der Waals surface area contributed by atoms with Gasteiger partial charge in [0.25, 0.3) is 11.6 Å². The fourth-order valence-corrected chi connectivity index (χ4v) is 3.29. The maximum atomic E-state index is 12.3. The van der Waals surface area contributed by atoms with Gasteiger partial charge < -0.3 is 14.6 Å². The number of furan rings is 1. The first-order valence-electron chi connectivity index (χ1n) is 9.48. The molecule has 0 spiro atoms. The molecule has 1 aliphatic heterocycles. The van der Waals surface area contributed by atoms with Crippen LogP contribution in [0.5, 0.6) is 0 Å². The third-order valence-electron chi connectivity index (χ3n) is 5.08. The van der Waals surface area contributed by atoms with Crippen molar-refractivity contribution in [2.24, 2.45) is 5.92 Å². The summed E-state index contributed by atoms with van der Waals surface area (Å²) in [5.41, 5.74) is 0.731. The van der Waals surface area contributed by atoms with E-state index in [0.717, 1.165) is 12.8 Å². The summed E-state index contributed by atoms with van der Waals surface area (Å²) in [4.78, 5) is 36.9. The Bertz CT molecular complexity index is 912. The molecule has 1 aliphatic rings. The van der Waals surface area contributed by atoms with E-state index >= 15 is 0 Å². The summed E-state index contributed by atoms with van der Waals surface area (Å²) < 4.78 is 5.17. The van der Waals surface area contributed by atoms with E-state index in [0.29, 0.717) is 31.0 Å². The first-order valence-corrected chi connectivity index (χ1v) is 9.48. The van der Waals surface area contributed by atoms with Crippen molar-refractivity contribution in [3.05, 3.63) is 69.7 Å². The summed E-state index contributed by atoms with van der Waals surface area (Å²) >= 11 is 0. The number of carbonyl (C=O) groups is 2. The van der Waals surface area contributed by atoms with Gasteiger partial charge in [-0.2, -0.15) is 0 Å². The minimum Gasteiger partial charge on any atom is -0.465 e. The Morgan fingerprint density at radius 1 is 1.31 bits per heavy atom. The summed E-state index contributed by atoms with van der Waals surface area (Å²) in [6.07, 6.45) is 6.28. The van der Waals surface area contributed by atoms with E-state index in [4.69, 9.17) is 4.42 Å². The largest absolute Gasteiger partial charge is 0.465 e. The van der Waals surface area contributed by atoms with E-state index in [9.17, 15) is 19.7 Å². The zero-order chi connectivity index (χ0) is 20.8. The van der Waals surface area contributed by atoms with Gasteiger partial charge in [0.2, 0.25) is 5.91 Å². The van der Waals surface area contributed by atoms with Crippen molar-refractivity contribution in [3.8, 4) is 0 Å². The Balaban J connectivity index is 1.46. The van der Waals surface area contributed by atoms with Crippen LogP contribution in [-0.4, -0.2) is 41.3 Å². The van der Waals surface area contributed by atoms with Crippen molar-refractivity contribution < 1.29 is 18.9 Å². The minimum absolute atomic E-state index is 0.0594. The molecule has 2 heterocycles. The third kappa shape index (κ3) is 5.31. The number of nitrogens with one attached hydrogen (secondary N) is 1. The van der Waals surface area contributed by atoms with Crippen LogP contribution in [0.25, 0.3) is 6.08 Å². The predicted molar refractivity (Wildman–Crippen MR) is 107 cm³/mol. The minimum atomic E-state index is -0.487. The van der Waals surface area contributed by atoms with Crippen LogP contribution in [0, 0.1) is 23.0 Å². The topological polar surface area (TPSA) is 106 Å². The second-order valence-electron chi connectivity index (χ2n) is 7.09. The van der Waals surface area contributed by atoms with Crippen molar-refractivity contribution in [1.29, 1.82) is 0 Å². The number of benzene rings is 1. The lowest BCUT2D eigenvalue weighted by molar-refractivity contribution is -0.385. The number of amides is 2. The Kier molecular flexibility index (Phi) is 6.43.